The molecule has 2 N–H and O–H groups in total. The maximum Gasteiger partial charge on any atom is 0.336 e. The van der Waals surface area contributed by atoms with Crippen molar-refractivity contribution in [1.29, 1.82) is 0 Å². The highest BCUT2D eigenvalue weighted by Gasteiger charge is 2.14. The molecule has 2 aromatic carbocycles. The van der Waals surface area contributed by atoms with Crippen LogP contribution in [-0.2, 0) is 4.79 Å². The van der Waals surface area contributed by atoms with E-state index >= 15 is 0 Å². The molecule has 0 bridgehead atoms. The molecule has 0 saturated carbocycles. The van der Waals surface area contributed by atoms with Crippen molar-refractivity contribution in [3.05, 3.63) is 58.7 Å². The highest BCUT2D eigenvalue weighted by Crippen LogP contribution is 2.29. The lowest BCUT2D eigenvalue weighted by Gasteiger charge is -2.10. The van der Waals surface area contributed by atoms with Crippen molar-refractivity contribution in [3.8, 4) is 11.5 Å². The predicted octanol–water partition coefficient (Wildman–Crippen LogP) is 4.03. The van der Waals surface area contributed by atoms with Gasteiger partial charge < -0.3 is 14.9 Å². The fraction of sp³-hybridized carbons (Fsp3) is 0.211. The molecule has 4 nitrogen and oxygen atoms in total. The first kappa shape index (κ1) is 16.6. The highest BCUT2D eigenvalue weighted by molar-refractivity contribution is 6.21. The van der Waals surface area contributed by atoms with E-state index in [9.17, 15) is 15.0 Å². The van der Waals surface area contributed by atoms with Crippen LogP contribution in [0, 0.1) is 13.8 Å². The van der Waals surface area contributed by atoms with Crippen LogP contribution in [0.4, 0.5) is 0 Å². The Morgan fingerprint density at radius 2 is 1.91 bits per heavy atom. The average molecular weight is 312 g/mol. The predicted molar refractivity (Wildman–Crippen MR) is 90.7 cm³/mol. The number of phenolic OH excluding ortho intramolecular Hbond substituents is 1. The fourth-order valence-electron chi connectivity index (χ4n) is 2.34. The van der Waals surface area contributed by atoms with Gasteiger partial charge in [0.15, 0.2) is 11.5 Å². The molecule has 2 rings (SSSR count). The summed E-state index contributed by atoms with van der Waals surface area (Å²) in [4.78, 5) is 11.7. The summed E-state index contributed by atoms with van der Waals surface area (Å²) in [6, 6.07) is 10.5. The van der Waals surface area contributed by atoms with E-state index < -0.39 is 5.97 Å². The smallest absolute Gasteiger partial charge is 0.336 e. The Hall–Kier alpha value is -2.75. The largest absolute Gasteiger partial charge is 0.504 e. The summed E-state index contributed by atoms with van der Waals surface area (Å²) in [6.07, 6.45) is 1.59. The maximum atomic E-state index is 11.7. The topological polar surface area (TPSA) is 66.8 Å². The van der Waals surface area contributed by atoms with Gasteiger partial charge in [0.1, 0.15) is 0 Å². The number of hydrogen-bond acceptors (Lipinski definition) is 3. The molecule has 0 unspecified atom stereocenters. The van der Waals surface area contributed by atoms with Crippen molar-refractivity contribution in [2.75, 3.05) is 6.61 Å². The molecule has 0 aliphatic rings. The maximum absolute atomic E-state index is 11.7. The third-order valence-electron chi connectivity index (χ3n) is 3.51. The Morgan fingerprint density at radius 1 is 1.17 bits per heavy atom. The minimum Gasteiger partial charge on any atom is -0.504 e. The molecule has 0 aliphatic heterocycles. The molecule has 0 atom stereocenters. The first-order valence-corrected chi connectivity index (χ1v) is 7.40. The number of benzene rings is 2. The van der Waals surface area contributed by atoms with E-state index in [0.29, 0.717) is 23.5 Å². The van der Waals surface area contributed by atoms with E-state index in [0.717, 1.165) is 11.1 Å². The van der Waals surface area contributed by atoms with Gasteiger partial charge in [-0.1, -0.05) is 29.8 Å². The standard InChI is InChI=1S/C19H20O4/c1-4-23-18-11-14(7-8-17(18)20)10-16(19(21)22)15-9-12(2)5-6-13(15)3/h5-11,20H,4H2,1-3H3,(H,21,22)/b16-10-. The second-order valence-electron chi connectivity index (χ2n) is 5.34. The Morgan fingerprint density at radius 3 is 2.57 bits per heavy atom. The fourth-order valence-corrected chi connectivity index (χ4v) is 2.34. The van der Waals surface area contributed by atoms with Gasteiger partial charge in [-0.25, -0.2) is 4.79 Å². The Kier molecular flexibility index (Phi) is 5.06. The van der Waals surface area contributed by atoms with Crippen molar-refractivity contribution in [2.24, 2.45) is 0 Å². The molecule has 120 valence electrons. The molecule has 0 aromatic heterocycles. The summed E-state index contributed by atoms with van der Waals surface area (Å²) in [5, 5.41) is 19.3. The lowest BCUT2D eigenvalue weighted by atomic mass is 9.96. The summed E-state index contributed by atoms with van der Waals surface area (Å²) in [5.41, 5.74) is 3.44. The van der Waals surface area contributed by atoms with Gasteiger partial charge >= 0.3 is 5.97 Å². The average Bonchev–Trinajstić information content (AvgIpc) is 2.50. The Balaban J connectivity index is 2.54. The number of aryl methyl sites for hydroxylation is 2. The molecule has 2 aromatic rings. The van der Waals surface area contributed by atoms with Crippen molar-refractivity contribution < 1.29 is 19.7 Å². The van der Waals surface area contributed by atoms with Gasteiger partial charge in [0.25, 0.3) is 0 Å². The molecule has 4 heteroatoms. The molecule has 0 aliphatic carbocycles. The van der Waals surface area contributed by atoms with Crippen LogP contribution in [0.2, 0.25) is 0 Å². The van der Waals surface area contributed by atoms with E-state index in [2.05, 4.69) is 0 Å². The molecule has 0 heterocycles. The first-order chi connectivity index (χ1) is 10.9. The monoisotopic (exact) mass is 312 g/mol. The van der Waals surface area contributed by atoms with Gasteiger partial charge in [-0.3, -0.25) is 0 Å². The van der Waals surface area contributed by atoms with Crippen LogP contribution in [0.5, 0.6) is 11.5 Å². The Labute approximate surface area is 135 Å². The SMILES string of the molecule is CCOc1cc(/C=C(\C(=O)O)c2cc(C)ccc2C)ccc1O. The second kappa shape index (κ2) is 7.01. The molecule has 0 saturated heterocycles. The lowest BCUT2D eigenvalue weighted by molar-refractivity contribution is -0.130. The van der Waals surface area contributed by atoms with E-state index in [1.54, 1.807) is 18.2 Å². The number of hydrogen-bond donors (Lipinski definition) is 2. The number of phenols is 1. The van der Waals surface area contributed by atoms with E-state index in [4.69, 9.17) is 4.74 Å². The molecule has 0 radical (unpaired) electrons. The molecule has 0 spiro atoms. The van der Waals surface area contributed by atoms with E-state index in [1.807, 2.05) is 39.0 Å². The van der Waals surface area contributed by atoms with Gasteiger partial charge in [0.05, 0.1) is 12.2 Å². The molecule has 23 heavy (non-hydrogen) atoms. The van der Waals surface area contributed by atoms with Gasteiger partial charge in [0.2, 0.25) is 0 Å². The van der Waals surface area contributed by atoms with E-state index in [1.165, 1.54) is 6.07 Å². The normalized spacial score (nSPS) is 11.3. The van der Waals surface area contributed by atoms with Crippen LogP contribution in [-0.4, -0.2) is 22.8 Å². The number of ether oxygens (including phenoxy) is 1. The van der Waals surface area contributed by atoms with Gasteiger partial charge in [-0.05, 0) is 55.7 Å². The minimum absolute atomic E-state index is 0.0348. The zero-order valence-corrected chi connectivity index (χ0v) is 13.5. The molecule has 0 amide bonds. The number of aromatic hydroxyl groups is 1. The number of carbonyl (C=O) groups is 1. The van der Waals surface area contributed by atoms with Crippen LogP contribution in [0.15, 0.2) is 36.4 Å². The summed E-state index contributed by atoms with van der Waals surface area (Å²) < 4.78 is 5.34. The highest BCUT2D eigenvalue weighted by atomic mass is 16.5. The van der Waals surface area contributed by atoms with Crippen molar-refractivity contribution >= 4 is 17.6 Å². The third-order valence-corrected chi connectivity index (χ3v) is 3.51. The summed E-state index contributed by atoms with van der Waals surface area (Å²) >= 11 is 0. The summed E-state index contributed by atoms with van der Waals surface area (Å²) in [7, 11) is 0. The van der Waals surface area contributed by atoms with Gasteiger partial charge in [-0.15, -0.1) is 0 Å². The van der Waals surface area contributed by atoms with Crippen molar-refractivity contribution in [1.82, 2.24) is 0 Å². The number of aliphatic carboxylic acids is 1. The van der Waals surface area contributed by atoms with Crippen molar-refractivity contribution in [3.63, 3.8) is 0 Å². The second-order valence-corrected chi connectivity index (χ2v) is 5.34. The van der Waals surface area contributed by atoms with Crippen LogP contribution < -0.4 is 4.74 Å². The third kappa shape index (κ3) is 3.92. The summed E-state index contributed by atoms with van der Waals surface area (Å²) in [5.74, 6) is -0.621. The van der Waals surface area contributed by atoms with Crippen LogP contribution in [0.25, 0.3) is 11.6 Å². The Bertz CT molecular complexity index is 760. The summed E-state index contributed by atoms with van der Waals surface area (Å²) in [6.45, 7) is 6.05. The number of carboxylic acid groups (broad SMARTS) is 1. The first-order valence-electron chi connectivity index (χ1n) is 7.40. The van der Waals surface area contributed by atoms with E-state index in [-0.39, 0.29) is 11.3 Å². The number of rotatable bonds is 5. The van der Waals surface area contributed by atoms with Gasteiger partial charge in [-0.2, -0.15) is 0 Å². The van der Waals surface area contributed by atoms with Crippen molar-refractivity contribution in [2.45, 2.75) is 20.8 Å². The van der Waals surface area contributed by atoms with Crippen LogP contribution in [0.1, 0.15) is 29.2 Å². The van der Waals surface area contributed by atoms with Crippen LogP contribution in [0.3, 0.4) is 0 Å². The molecular formula is C19H20O4. The molecule has 0 fully saturated rings. The number of carboxylic acids is 1. The minimum atomic E-state index is -0.996. The lowest BCUT2D eigenvalue weighted by Crippen LogP contribution is -2.02. The molecular weight excluding hydrogens is 292 g/mol. The zero-order valence-electron chi connectivity index (χ0n) is 13.5. The van der Waals surface area contributed by atoms with Gasteiger partial charge in [0, 0.05) is 0 Å². The van der Waals surface area contributed by atoms with Crippen LogP contribution >= 0.6 is 0 Å². The zero-order chi connectivity index (χ0) is 17.0. The quantitative estimate of drug-likeness (QED) is 0.646.